The fourth-order valence-electron chi connectivity index (χ4n) is 2.75. The van der Waals surface area contributed by atoms with Crippen molar-refractivity contribution in [3.63, 3.8) is 0 Å². The lowest BCUT2D eigenvalue weighted by molar-refractivity contribution is -0.146. The van der Waals surface area contributed by atoms with Crippen LogP contribution in [0.3, 0.4) is 0 Å². The van der Waals surface area contributed by atoms with Crippen molar-refractivity contribution in [3.05, 3.63) is 53.7 Å². The first-order chi connectivity index (χ1) is 12.8. The number of aryl methyl sites for hydroxylation is 1. The molecule has 0 saturated heterocycles. The summed E-state index contributed by atoms with van der Waals surface area (Å²) in [6.45, 7) is 3.32. The van der Waals surface area contributed by atoms with Crippen molar-refractivity contribution < 1.29 is 22.7 Å². The SMILES string of the molecule is CCOC(=O)Cn1nc(C(F)(F)F)cc1-c1ccc(-c2cccc(C)c2)[nH]1. The fraction of sp³-hybridized carbons (Fsp3) is 0.263. The molecule has 0 aliphatic carbocycles. The normalized spacial score (nSPS) is 11.6. The number of nitrogens with zero attached hydrogens (tertiary/aromatic N) is 2. The molecule has 2 aromatic heterocycles. The van der Waals surface area contributed by atoms with Crippen LogP contribution in [0.2, 0.25) is 0 Å². The second kappa shape index (κ2) is 7.30. The number of aromatic amines is 1. The van der Waals surface area contributed by atoms with Gasteiger partial charge in [0, 0.05) is 5.69 Å². The van der Waals surface area contributed by atoms with Crippen molar-refractivity contribution in [1.82, 2.24) is 14.8 Å². The Labute approximate surface area is 153 Å². The van der Waals surface area contributed by atoms with Gasteiger partial charge in [-0.05, 0) is 43.7 Å². The number of aromatic nitrogens is 3. The number of carbonyl (C=O) groups is 1. The number of alkyl halides is 3. The summed E-state index contributed by atoms with van der Waals surface area (Å²) in [5, 5.41) is 3.55. The molecule has 142 valence electrons. The number of benzene rings is 1. The third kappa shape index (κ3) is 4.21. The number of rotatable bonds is 5. The maximum atomic E-state index is 13.1. The van der Waals surface area contributed by atoms with Crippen LogP contribution in [-0.4, -0.2) is 27.3 Å². The van der Waals surface area contributed by atoms with E-state index in [2.05, 4.69) is 10.1 Å². The summed E-state index contributed by atoms with van der Waals surface area (Å²) in [5.41, 5.74) is 2.26. The zero-order valence-corrected chi connectivity index (χ0v) is 14.8. The fourth-order valence-corrected chi connectivity index (χ4v) is 2.75. The molecule has 0 fully saturated rings. The summed E-state index contributed by atoms with van der Waals surface area (Å²) in [4.78, 5) is 14.8. The largest absolute Gasteiger partial charge is 0.465 e. The van der Waals surface area contributed by atoms with Gasteiger partial charge in [0.25, 0.3) is 0 Å². The predicted molar refractivity (Wildman–Crippen MR) is 93.8 cm³/mol. The first-order valence-electron chi connectivity index (χ1n) is 8.35. The van der Waals surface area contributed by atoms with Crippen molar-refractivity contribution >= 4 is 5.97 Å². The third-order valence-corrected chi connectivity index (χ3v) is 3.95. The highest BCUT2D eigenvalue weighted by molar-refractivity contribution is 5.71. The van der Waals surface area contributed by atoms with E-state index in [1.54, 1.807) is 19.1 Å². The van der Waals surface area contributed by atoms with E-state index in [1.807, 2.05) is 31.2 Å². The van der Waals surface area contributed by atoms with E-state index in [4.69, 9.17) is 4.74 Å². The minimum atomic E-state index is -4.61. The van der Waals surface area contributed by atoms with E-state index in [0.29, 0.717) is 5.69 Å². The van der Waals surface area contributed by atoms with Gasteiger partial charge < -0.3 is 9.72 Å². The van der Waals surface area contributed by atoms with Crippen LogP contribution in [0.1, 0.15) is 18.2 Å². The molecule has 0 aliphatic rings. The quantitative estimate of drug-likeness (QED) is 0.669. The summed E-state index contributed by atoms with van der Waals surface area (Å²) in [5.74, 6) is -0.652. The number of esters is 1. The molecule has 5 nitrogen and oxygen atoms in total. The molecule has 3 aromatic rings. The Morgan fingerprint density at radius 2 is 1.93 bits per heavy atom. The average molecular weight is 377 g/mol. The number of carbonyl (C=O) groups excluding carboxylic acids is 1. The van der Waals surface area contributed by atoms with Crippen molar-refractivity contribution in [2.24, 2.45) is 0 Å². The Bertz CT molecular complexity index is 957. The molecule has 0 amide bonds. The van der Waals surface area contributed by atoms with Gasteiger partial charge >= 0.3 is 12.1 Å². The Kier molecular flexibility index (Phi) is 5.07. The summed E-state index contributed by atoms with van der Waals surface area (Å²) < 4.78 is 45.1. The number of nitrogens with one attached hydrogen (secondary N) is 1. The highest BCUT2D eigenvalue weighted by atomic mass is 19.4. The zero-order chi connectivity index (χ0) is 19.6. The van der Waals surface area contributed by atoms with Crippen LogP contribution in [0.25, 0.3) is 22.6 Å². The van der Waals surface area contributed by atoms with Gasteiger partial charge in [-0.1, -0.05) is 23.8 Å². The standard InChI is InChI=1S/C19H18F3N3O2/c1-3-27-18(26)11-25-16(10-17(24-25)19(20,21)22)15-8-7-14(23-15)13-6-4-5-12(2)9-13/h4-10,23H,3,11H2,1-2H3. The molecule has 3 rings (SSSR count). The highest BCUT2D eigenvalue weighted by Crippen LogP contribution is 2.32. The highest BCUT2D eigenvalue weighted by Gasteiger charge is 2.35. The van der Waals surface area contributed by atoms with Gasteiger partial charge in [0.2, 0.25) is 0 Å². The van der Waals surface area contributed by atoms with Crippen LogP contribution in [-0.2, 0) is 22.3 Å². The third-order valence-electron chi connectivity index (χ3n) is 3.95. The van der Waals surface area contributed by atoms with Gasteiger partial charge in [-0.15, -0.1) is 0 Å². The molecular formula is C19H18F3N3O2. The van der Waals surface area contributed by atoms with Gasteiger partial charge in [-0.25, -0.2) is 0 Å². The smallest absolute Gasteiger partial charge is 0.435 e. The number of halogens is 3. The molecule has 0 saturated carbocycles. The summed E-state index contributed by atoms with van der Waals surface area (Å²) >= 11 is 0. The van der Waals surface area contributed by atoms with Crippen LogP contribution in [0.4, 0.5) is 13.2 Å². The van der Waals surface area contributed by atoms with Crippen molar-refractivity contribution in [2.45, 2.75) is 26.6 Å². The van der Waals surface area contributed by atoms with Gasteiger partial charge in [0.05, 0.1) is 18.0 Å². The van der Waals surface area contributed by atoms with E-state index < -0.39 is 24.4 Å². The van der Waals surface area contributed by atoms with Crippen molar-refractivity contribution in [2.75, 3.05) is 6.61 Å². The molecule has 0 bridgehead atoms. The number of hydrogen-bond acceptors (Lipinski definition) is 3. The van der Waals surface area contributed by atoms with Crippen LogP contribution in [0, 0.1) is 6.92 Å². The molecule has 2 heterocycles. The molecule has 0 atom stereocenters. The summed E-state index contributed by atoms with van der Waals surface area (Å²) in [7, 11) is 0. The predicted octanol–water partition coefficient (Wildman–Crippen LogP) is 4.44. The molecule has 0 spiro atoms. The first-order valence-corrected chi connectivity index (χ1v) is 8.35. The van der Waals surface area contributed by atoms with Gasteiger partial charge in [0.15, 0.2) is 5.69 Å². The Balaban J connectivity index is 2.00. The lowest BCUT2D eigenvalue weighted by atomic mass is 10.1. The molecular weight excluding hydrogens is 359 g/mol. The first kappa shape index (κ1) is 18.8. The topological polar surface area (TPSA) is 59.9 Å². The van der Waals surface area contributed by atoms with E-state index in [-0.39, 0.29) is 12.3 Å². The monoisotopic (exact) mass is 377 g/mol. The van der Waals surface area contributed by atoms with E-state index >= 15 is 0 Å². The second-order valence-electron chi connectivity index (χ2n) is 6.03. The second-order valence-corrected chi connectivity index (χ2v) is 6.03. The molecule has 8 heteroatoms. The number of hydrogen-bond donors (Lipinski definition) is 1. The van der Waals surface area contributed by atoms with Gasteiger partial charge in [0.1, 0.15) is 6.54 Å². The van der Waals surface area contributed by atoms with Crippen molar-refractivity contribution in [3.8, 4) is 22.6 Å². The lowest BCUT2D eigenvalue weighted by Gasteiger charge is -2.06. The van der Waals surface area contributed by atoms with E-state index in [1.165, 1.54) is 0 Å². The number of ether oxygens (including phenoxy) is 1. The molecule has 0 radical (unpaired) electrons. The minimum Gasteiger partial charge on any atom is -0.465 e. The Hall–Kier alpha value is -3.03. The minimum absolute atomic E-state index is 0.140. The maximum Gasteiger partial charge on any atom is 0.435 e. The molecule has 0 unspecified atom stereocenters. The van der Waals surface area contributed by atoms with Crippen LogP contribution >= 0.6 is 0 Å². The van der Waals surface area contributed by atoms with E-state index in [0.717, 1.165) is 27.6 Å². The lowest BCUT2D eigenvalue weighted by Crippen LogP contribution is -2.16. The average Bonchev–Trinajstić information content (AvgIpc) is 3.21. The number of H-pyrrole nitrogens is 1. The van der Waals surface area contributed by atoms with Crippen molar-refractivity contribution in [1.29, 1.82) is 0 Å². The van der Waals surface area contributed by atoms with Crippen LogP contribution < -0.4 is 0 Å². The summed E-state index contributed by atoms with van der Waals surface area (Å²) in [6, 6.07) is 12.1. The van der Waals surface area contributed by atoms with Gasteiger partial charge in [-0.3, -0.25) is 9.48 Å². The molecule has 0 aliphatic heterocycles. The molecule has 1 N–H and O–H groups in total. The van der Waals surface area contributed by atoms with E-state index in [9.17, 15) is 18.0 Å². The van der Waals surface area contributed by atoms with Gasteiger partial charge in [-0.2, -0.15) is 18.3 Å². The summed E-state index contributed by atoms with van der Waals surface area (Å²) in [6.07, 6.45) is -4.61. The molecule has 1 aromatic carbocycles. The zero-order valence-electron chi connectivity index (χ0n) is 14.8. The Morgan fingerprint density at radius 3 is 2.59 bits per heavy atom. The Morgan fingerprint density at radius 1 is 1.19 bits per heavy atom. The van der Waals surface area contributed by atoms with Crippen LogP contribution in [0.15, 0.2) is 42.5 Å². The van der Waals surface area contributed by atoms with Crippen LogP contribution in [0.5, 0.6) is 0 Å². The maximum absolute atomic E-state index is 13.1. The molecule has 27 heavy (non-hydrogen) atoms.